The number of carboxylic acids is 1. The molecule has 0 bridgehead atoms. The van der Waals surface area contributed by atoms with Crippen molar-refractivity contribution in [1.82, 2.24) is 4.31 Å². The van der Waals surface area contributed by atoms with E-state index in [1.165, 1.54) is 14.1 Å². The van der Waals surface area contributed by atoms with Crippen molar-refractivity contribution in [2.45, 2.75) is 19.3 Å². The summed E-state index contributed by atoms with van der Waals surface area (Å²) in [7, 11) is -0.569. The molecule has 0 amide bonds. The molecule has 0 saturated heterocycles. The Labute approximate surface area is 83.8 Å². The predicted molar refractivity (Wildman–Crippen MR) is 51.4 cm³/mol. The molecule has 0 atom stereocenters. The second-order valence-corrected chi connectivity index (χ2v) is 6.16. The van der Waals surface area contributed by atoms with Gasteiger partial charge in [-0.05, 0) is 12.8 Å². The maximum absolute atomic E-state index is 11.5. The third-order valence-corrected chi connectivity index (χ3v) is 4.81. The molecule has 0 aromatic carbocycles. The van der Waals surface area contributed by atoms with Crippen LogP contribution in [0.3, 0.4) is 0 Å². The minimum absolute atomic E-state index is 0.275. The molecule has 14 heavy (non-hydrogen) atoms. The van der Waals surface area contributed by atoms with Gasteiger partial charge >= 0.3 is 5.97 Å². The Morgan fingerprint density at radius 1 is 1.43 bits per heavy atom. The van der Waals surface area contributed by atoms with E-state index < -0.39 is 21.4 Å². The van der Waals surface area contributed by atoms with Crippen LogP contribution in [0.15, 0.2) is 0 Å². The van der Waals surface area contributed by atoms with E-state index in [0.717, 1.165) is 10.7 Å². The van der Waals surface area contributed by atoms with E-state index in [4.69, 9.17) is 5.11 Å². The van der Waals surface area contributed by atoms with E-state index >= 15 is 0 Å². The lowest BCUT2D eigenvalue weighted by atomic mass is 9.70. The summed E-state index contributed by atoms with van der Waals surface area (Å²) in [6.07, 6.45) is 1.74. The highest BCUT2D eigenvalue weighted by molar-refractivity contribution is 7.89. The topological polar surface area (TPSA) is 74.7 Å². The van der Waals surface area contributed by atoms with Crippen LogP contribution in [0.5, 0.6) is 0 Å². The highest BCUT2D eigenvalue weighted by Gasteiger charge is 2.48. The molecule has 1 saturated carbocycles. The van der Waals surface area contributed by atoms with Crippen LogP contribution in [-0.4, -0.2) is 43.6 Å². The molecule has 1 aliphatic rings. The third kappa shape index (κ3) is 1.90. The first-order chi connectivity index (χ1) is 6.30. The Morgan fingerprint density at radius 3 is 2.14 bits per heavy atom. The molecule has 82 valence electrons. The number of aliphatic carboxylic acids is 1. The lowest BCUT2D eigenvalue weighted by molar-refractivity contribution is -0.152. The normalized spacial score (nSPS) is 20.5. The summed E-state index contributed by atoms with van der Waals surface area (Å²) in [6.45, 7) is 0. The van der Waals surface area contributed by atoms with E-state index in [9.17, 15) is 13.2 Å². The van der Waals surface area contributed by atoms with Gasteiger partial charge in [-0.15, -0.1) is 0 Å². The Morgan fingerprint density at radius 2 is 1.93 bits per heavy atom. The molecule has 0 unspecified atom stereocenters. The van der Waals surface area contributed by atoms with E-state index in [1.807, 2.05) is 0 Å². The fraction of sp³-hybridized carbons (Fsp3) is 0.875. The summed E-state index contributed by atoms with van der Waals surface area (Å²) in [5.74, 6) is -1.27. The summed E-state index contributed by atoms with van der Waals surface area (Å²) in [4.78, 5) is 10.9. The number of rotatable bonds is 4. The zero-order chi connectivity index (χ0) is 11.0. The van der Waals surface area contributed by atoms with Gasteiger partial charge in [0.15, 0.2) is 0 Å². The van der Waals surface area contributed by atoms with Crippen LogP contribution in [-0.2, 0) is 14.8 Å². The van der Waals surface area contributed by atoms with Crippen LogP contribution in [0.2, 0.25) is 0 Å². The van der Waals surface area contributed by atoms with Crippen molar-refractivity contribution in [3.63, 3.8) is 0 Å². The van der Waals surface area contributed by atoms with Gasteiger partial charge in [-0.3, -0.25) is 4.79 Å². The standard InChI is InChI=1S/C8H15NO4S/c1-9(2)14(12,13)6-8(7(10)11)4-3-5-8/h3-6H2,1-2H3,(H,10,11). The van der Waals surface area contributed by atoms with Gasteiger partial charge in [0.1, 0.15) is 0 Å². The third-order valence-electron chi connectivity index (χ3n) is 2.78. The van der Waals surface area contributed by atoms with Gasteiger partial charge in [0, 0.05) is 14.1 Å². The highest BCUT2D eigenvalue weighted by atomic mass is 32.2. The van der Waals surface area contributed by atoms with Crippen molar-refractivity contribution >= 4 is 16.0 Å². The first kappa shape index (κ1) is 11.5. The minimum Gasteiger partial charge on any atom is -0.481 e. The molecule has 0 spiro atoms. The van der Waals surface area contributed by atoms with Gasteiger partial charge in [-0.2, -0.15) is 0 Å². The molecule has 1 N–H and O–H groups in total. The summed E-state index contributed by atoms with van der Waals surface area (Å²) in [6, 6.07) is 0. The first-order valence-corrected chi connectivity index (χ1v) is 6.05. The Hall–Kier alpha value is -0.620. The van der Waals surface area contributed by atoms with Crippen LogP contribution >= 0.6 is 0 Å². The second kappa shape index (κ2) is 3.51. The molecule has 1 aliphatic carbocycles. The second-order valence-electron chi connectivity index (χ2n) is 3.98. The van der Waals surface area contributed by atoms with Gasteiger partial charge < -0.3 is 5.11 Å². The smallest absolute Gasteiger partial charge is 0.310 e. The highest BCUT2D eigenvalue weighted by Crippen LogP contribution is 2.42. The largest absolute Gasteiger partial charge is 0.481 e. The van der Waals surface area contributed by atoms with E-state index in [2.05, 4.69) is 0 Å². The van der Waals surface area contributed by atoms with Crippen molar-refractivity contribution in [3.05, 3.63) is 0 Å². The first-order valence-electron chi connectivity index (χ1n) is 4.44. The number of hydrogen-bond acceptors (Lipinski definition) is 3. The zero-order valence-electron chi connectivity index (χ0n) is 8.36. The quantitative estimate of drug-likeness (QED) is 0.732. The van der Waals surface area contributed by atoms with Gasteiger partial charge in [-0.1, -0.05) is 6.42 Å². The molecule has 0 radical (unpaired) electrons. The Kier molecular flexibility index (Phi) is 2.87. The fourth-order valence-corrected chi connectivity index (χ4v) is 2.87. The molecule has 1 rings (SSSR count). The summed E-state index contributed by atoms with van der Waals surface area (Å²) >= 11 is 0. The van der Waals surface area contributed by atoms with Crippen molar-refractivity contribution in [1.29, 1.82) is 0 Å². The van der Waals surface area contributed by atoms with Crippen molar-refractivity contribution in [3.8, 4) is 0 Å². The lowest BCUT2D eigenvalue weighted by Gasteiger charge is -2.37. The Balaban J connectivity index is 2.81. The summed E-state index contributed by atoms with van der Waals surface area (Å²) in [5, 5.41) is 8.95. The van der Waals surface area contributed by atoms with Crippen LogP contribution < -0.4 is 0 Å². The summed E-state index contributed by atoms with van der Waals surface area (Å²) in [5.41, 5.74) is -1.02. The summed E-state index contributed by atoms with van der Waals surface area (Å²) < 4.78 is 24.1. The van der Waals surface area contributed by atoms with Gasteiger partial charge in [0.25, 0.3) is 0 Å². The van der Waals surface area contributed by atoms with Gasteiger partial charge in [0.2, 0.25) is 10.0 Å². The van der Waals surface area contributed by atoms with Crippen LogP contribution in [0.25, 0.3) is 0 Å². The van der Waals surface area contributed by atoms with E-state index in [0.29, 0.717) is 12.8 Å². The Bertz CT molecular complexity index is 329. The number of carboxylic acid groups (broad SMARTS) is 1. The van der Waals surface area contributed by atoms with Crippen molar-refractivity contribution < 1.29 is 18.3 Å². The number of nitrogens with zero attached hydrogens (tertiary/aromatic N) is 1. The molecular weight excluding hydrogens is 206 g/mol. The molecule has 0 aliphatic heterocycles. The lowest BCUT2D eigenvalue weighted by Crippen LogP contribution is -2.46. The van der Waals surface area contributed by atoms with Gasteiger partial charge in [-0.25, -0.2) is 12.7 Å². The van der Waals surface area contributed by atoms with Crippen molar-refractivity contribution in [2.75, 3.05) is 19.8 Å². The molecule has 0 heterocycles. The molecule has 0 aromatic heterocycles. The van der Waals surface area contributed by atoms with Crippen LogP contribution in [0.4, 0.5) is 0 Å². The maximum atomic E-state index is 11.5. The van der Waals surface area contributed by atoms with Gasteiger partial charge in [0.05, 0.1) is 11.2 Å². The average Bonchev–Trinajstić information content (AvgIpc) is 1.95. The van der Waals surface area contributed by atoms with Crippen molar-refractivity contribution in [2.24, 2.45) is 5.41 Å². The number of carbonyl (C=O) groups is 1. The zero-order valence-corrected chi connectivity index (χ0v) is 9.17. The van der Waals surface area contributed by atoms with Crippen LogP contribution in [0.1, 0.15) is 19.3 Å². The molecular formula is C8H15NO4S. The van der Waals surface area contributed by atoms with E-state index in [1.54, 1.807) is 0 Å². The number of sulfonamides is 1. The molecule has 5 nitrogen and oxygen atoms in total. The monoisotopic (exact) mass is 221 g/mol. The predicted octanol–water partition coefficient (Wildman–Crippen LogP) is 0.133. The number of hydrogen-bond donors (Lipinski definition) is 1. The SMILES string of the molecule is CN(C)S(=O)(=O)CC1(C(=O)O)CCC1. The maximum Gasteiger partial charge on any atom is 0.310 e. The molecule has 0 aromatic rings. The minimum atomic E-state index is -3.41. The fourth-order valence-electron chi connectivity index (χ4n) is 1.50. The molecule has 6 heteroatoms. The van der Waals surface area contributed by atoms with Crippen LogP contribution in [0, 0.1) is 5.41 Å². The average molecular weight is 221 g/mol. The molecule has 1 fully saturated rings. The van der Waals surface area contributed by atoms with E-state index in [-0.39, 0.29) is 5.75 Å².